The first-order valence-corrected chi connectivity index (χ1v) is 32.8. The van der Waals surface area contributed by atoms with Crippen molar-refractivity contribution >= 4 is 70.3 Å². The Morgan fingerprint density at radius 3 is 1.40 bits per heavy atom. The molecule has 0 amide bonds. The molecule has 0 radical (unpaired) electrons. The molecule has 0 aromatic carbocycles. The largest absolute Gasteiger partial charge is 0.479 e. The smallest absolute Gasteiger partial charge is 0.397 e. The van der Waals surface area contributed by atoms with Crippen LogP contribution in [-0.2, 0) is 181 Å². The summed E-state index contributed by atoms with van der Waals surface area (Å²) in [5.41, 5.74) is 0. The molecule has 25 atom stereocenters. The molecule has 11 unspecified atom stereocenters. The van der Waals surface area contributed by atoms with Gasteiger partial charge in [0.15, 0.2) is 62.1 Å². The van der Waals surface area contributed by atoms with Crippen LogP contribution in [0.5, 0.6) is 0 Å². The van der Waals surface area contributed by atoms with E-state index in [1.54, 1.807) is 0 Å². The first-order valence-electron chi connectivity index (χ1n) is 25.3. The highest BCUT2D eigenvalue weighted by Crippen LogP contribution is 2.46. The Labute approximate surface area is 521 Å². The van der Waals surface area contributed by atoms with Gasteiger partial charge in [-0.2, -0.15) is 42.1 Å². The van der Waals surface area contributed by atoms with E-state index in [0.717, 1.165) is 49.8 Å². The minimum absolute atomic E-state index is 0.164. The molecule has 0 aromatic heterocycles. The zero-order valence-corrected chi connectivity index (χ0v) is 52.8. The summed E-state index contributed by atoms with van der Waals surface area (Å²) in [7, 11) is -19.9. The normalized spacial score (nSPS) is 39.5. The summed E-state index contributed by atoms with van der Waals surface area (Å²) < 4.78 is 316. The number of methoxy groups -OCH3 is 8. The molecule has 534 valence electrons. The average Bonchev–Trinajstić information content (AvgIpc) is 0.766. The lowest BCUT2D eigenvalue weighted by atomic mass is 9.91. The standard InChI is InChI=1S/C39H66O46S6/c1-59-9-14-18(23(80-86-85-84-43)30(34(66-8)71-14)82-90(53,54)55)75-38-29-25(63-5)32(39(79-38,12-67-29)68-13-40)78-37-31(83-91(56,57)58)24(81-89(50,51)52)19(16(73-37)11-70-88(47,48)49)74-36-28(65-7)21(62-4)22(26(77-36)33(41)42)76-35-27(64-6)20(61-3)17(60-2)15(72-35)10-69-87(44,45)46/h14-32,34-38,40,43H,9-13H2,1-8H3,(H,41,42)(H,44,45,46)(H,47,48,49)(H,50,51,52)(H,53,54,55)(H,56,57,58)/t14-,15-,16?,17+,18+,19?,20?,21?,22-,23?,24-,25-,26+,27?,28?,29+,30?,31?,32?,34-,35+,36+,37-,38+,39?/m0/s1. The molecule has 7 aliphatic rings. The number of rotatable bonds is 36. The minimum atomic E-state index is -6.07. The molecular weight excluding hydrogens is 1400 g/mol. The highest BCUT2D eigenvalue weighted by Gasteiger charge is 2.67. The second kappa shape index (κ2) is 33.2. The van der Waals surface area contributed by atoms with Crippen molar-refractivity contribution in [1.29, 1.82) is 0 Å². The van der Waals surface area contributed by atoms with Gasteiger partial charge in [0.25, 0.3) is 0 Å². The van der Waals surface area contributed by atoms with Crippen molar-refractivity contribution < 1.29 is 210 Å². The zero-order chi connectivity index (χ0) is 67.8. The van der Waals surface area contributed by atoms with E-state index in [4.69, 9.17) is 112 Å². The zero-order valence-electron chi connectivity index (χ0n) is 47.9. The van der Waals surface area contributed by atoms with Crippen LogP contribution < -0.4 is 0 Å². The molecule has 0 aliphatic carbocycles. The molecule has 0 aromatic rings. The predicted molar refractivity (Wildman–Crippen MR) is 272 cm³/mol. The van der Waals surface area contributed by atoms with E-state index in [1.165, 1.54) is 7.11 Å². The lowest BCUT2D eigenvalue weighted by molar-refractivity contribution is -0.487. The van der Waals surface area contributed by atoms with Crippen LogP contribution in [0.4, 0.5) is 0 Å². The van der Waals surface area contributed by atoms with Crippen LogP contribution in [0, 0.1) is 0 Å². The van der Waals surface area contributed by atoms with Crippen LogP contribution >= 0.6 is 12.3 Å². The first kappa shape index (κ1) is 78.2. The summed E-state index contributed by atoms with van der Waals surface area (Å²) in [4.78, 5) is 13.3. The summed E-state index contributed by atoms with van der Waals surface area (Å²) in [6.07, 6.45) is -48.4. The third-order valence-electron chi connectivity index (χ3n) is 14.0. The van der Waals surface area contributed by atoms with Crippen molar-refractivity contribution in [2.45, 2.75) is 153 Å². The van der Waals surface area contributed by atoms with Crippen molar-refractivity contribution in [2.24, 2.45) is 0 Å². The van der Waals surface area contributed by atoms with Gasteiger partial charge in [-0.05, 0) is 0 Å². The van der Waals surface area contributed by atoms with Crippen molar-refractivity contribution in [3.63, 3.8) is 0 Å². The number of hydrogen-bond donors (Lipinski definition) is 8. The Kier molecular flexibility index (Phi) is 28.5. The molecule has 0 spiro atoms. The lowest BCUT2D eigenvalue weighted by Crippen LogP contribution is -2.76. The summed E-state index contributed by atoms with van der Waals surface area (Å²) >= 11 is -0.164. The van der Waals surface area contributed by atoms with Crippen molar-refractivity contribution in [1.82, 2.24) is 0 Å². The highest BCUT2D eigenvalue weighted by molar-refractivity contribution is 7.89. The molecule has 8 N–H and O–H groups in total. The van der Waals surface area contributed by atoms with Gasteiger partial charge in [-0.25, -0.2) is 31.0 Å². The Bertz CT molecular complexity index is 2890. The van der Waals surface area contributed by atoms with Crippen molar-refractivity contribution in [3.05, 3.63) is 0 Å². The second-order valence-corrected chi connectivity index (χ2v) is 24.9. The number of carboxylic acids is 1. The van der Waals surface area contributed by atoms with Gasteiger partial charge in [0.1, 0.15) is 111 Å². The molecule has 7 aliphatic heterocycles. The fourth-order valence-electron chi connectivity index (χ4n) is 10.6. The van der Waals surface area contributed by atoms with Crippen molar-refractivity contribution in [2.75, 3.05) is 90.1 Å². The summed E-state index contributed by atoms with van der Waals surface area (Å²) in [6, 6.07) is 0. The monoisotopic (exact) mass is 1460 g/mol. The topological polar surface area (TPSA) is 599 Å². The van der Waals surface area contributed by atoms with Gasteiger partial charge in [0.05, 0.1) is 19.8 Å². The van der Waals surface area contributed by atoms with Gasteiger partial charge in [-0.15, -0.1) is 4.33 Å². The van der Waals surface area contributed by atoms with E-state index in [2.05, 4.69) is 17.7 Å². The van der Waals surface area contributed by atoms with Gasteiger partial charge in [0.2, 0.25) is 5.79 Å². The van der Waals surface area contributed by atoms with E-state index in [9.17, 15) is 79.9 Å². The number of aliphatic hydroxyl groups is 1. The lowest BCUT2D eigenvalue weighted by Gasteiger charge is -2.57. The molecule has 52 heteroatoms. The molecular formula is C39H66O46S6. The predicted octanol–water partition coefficient (Wildman–Crippen LogP) is -6.12. The maximum atomic E-state index is 13.3. The molecule has 7 heterocycles. The number of aliphatic carboxylic acids is 1. The van der Waals surface area contributed by atoms with E-state index < -0.39 is 244 Å². The van der Waals surface area contributed by atoms with Gasteiger partial charge in [-0.1, -0.05) is 5.04 Å². The summed E-state index contributed by atoms with van der Waals surface area (Å²) in [5.74, 6) is -4.67. The van der Waals surface area contributed by atoms with Crippen LogP contribution in [0.25, 0.3) is 0 Å². The molecule has 91 heavy (non-hydrogen) atoms. The number of fused-ring (bicyclic) bond motifs is 3. The molecule has 46 nitrogen and oxygen atoms in total. The van der Waals surface area contributed by atoms with Gasteiger partial charge >= 0.3 is 58.0 Å². The number of carboxylic acid groups (broad SMARTS) is 1. The molecule has 7 saturated heterocycles. The van der Waals surface area contributed by atoms with E-state index >= 15 is 0 Å². The second-order valence-electron chi connectivity index (χ2n) is 19.2. The fourth-order valence-corrected chi connectivity index (χ4v) is 13.0. The summed E-state index contributed by atoms with van der Waals surface area (Å²) in [5, 5.41) is 33.4. The minimum Gasteiger partial charge on any atom is -0.479 e. The maximum Gasteiger partial charge on any atom is 0.397 e. The summed E-state index contributed by atoms with van der Waals surface area (Å²) in [6.45, 7) is -5.35. The van der Waals surface area contributed by atoms with Crippen LogP contribution in [0.15, 0.2) is 0 Å². The maximum absolute atomic E-state index is 13.3. The molecule has 7 rings (SSSR count). The Morgan fingerprint density at radius 2 is 0.923 bits per heavy atom. The van der Waals surface area contributed by atoms with Crippen LogP contribution in [0.2, 0.25) is 0 Å². The van der Waals surface area contributed by atoms with Crippen LogP contribution in [0.3, 0.4) is 0 Å². The quantitative estimate of drug-likeness (QED) is 0.00723. The van der Waals surface area contributed by atoms with Gasteiger partial charge in [-0.3, -0.25) is 26.9 Å². The molecule has 0 saturated carbocycles. The fraction of sp³-hybridized carbons (Fsp3) is 0.974. The third-order valence-corrected chi connectivity index (χ3v) is 16.6. The van der Waals surface area contributed by atoms with Gasteiger partial charge < -0.3 is 100 Å². The van der Waals surface area contributed by atoms with Gasteiger partial charge in [0, 0.05) is 56.9 Å². The van der Waals surface area contributed by atoms with Crippen LogP contribution in [-0.4, -0.2) is 330 Å². The number of ether oxygens (including phenoxy) is 19. The Morgan fingerprint density at radius 1 is 0.484 bits per heavy atom. The van der Waals surface area contributed by atoms with E-state index in [-0.39, 0.29) is 12.3 Å². The number of carbonyl (C=O) groups is 1. The Balaban J connectivity index is 1.41. The van der Waals surface area contributed by atoms with E-state index in [1.807, 2.05) is 0 Å². The molecule has 2 bridgehead atoms. The van der Waals surface area contributed by atoms with Crippen molar-refractivity contribution in [3.8, 4) is 0 Å². The first-order chi connectivity index (χ1) is 42.6. The number of hydrogen-bond acceptors (Lipinski definition) is 41. The molecule has 7 fully saturated rings. The van der Waals surface area contributed by atoms with Crippen LogP contribution in [0.1, 0.15) is 0 Å². The average molecular weight is 1460 g/mol. The Hall–Kier alpha value is -1.79. The SMILES string of the molecule is COC[C@@H]1O[C@H](OC)C(OS(=O)(=O)O)C(OSOOO)[C@@H]1O[C@@H]1OC2(OCO)CO[C@@H]1[C@H](OC)C2O[C@@H]1OC(COS(=O)(=O)O)C(O[C@@H]2O[C@@H](C(=O)O)[C@@H](O[C@H]3O[C@@H](COS(=O)(=O)O)[C@@H](OC)C(OC)C3OC)C(OC)C2OC)[C@H](OS(=O)(=O)O)C1OS(=O)(=O)O. The number of aliphatic hydroxyl groups excluding tert-OH is 1. The van der Waals surface area contributed by atoms with E-state index in [0.29, 0.717) is 0 Å². The highest BCUT2D eigenvalue weighted by atomic mass is 32.3. The third kappa shape index (κ3) is 20.2.